The minimum atomic E-state index is -0.336. The van der Waals surface area contributed by atoms with Gasteiger partial charge in [-0.1, -0.05) is 13.8 Å². The highest BCUT2D eigenvalue weighted by Gasteiger charge is 2.24. The quantitative estimate of drug-likeness (QED) is 0.360. The van der Waals surface area contributed by atoms with Crippen LogP contribution in [0.2, 0.25) is 0 Å². The number of anilines is 4. The molecule has 0 radical (unpaired) electrons. The molecule has 1 aromatic carbocycles. The van der Waals surface area contributed by atoms with Crippen molar-refractivity contribution in [2.45, 2.75) is 20.3 Å². The molecule has 1 aliphatic heterocycles. The normalized spacial score (nSPS) is 12.4. The number of fused-ring (bicyclic) bond motifs is 1. The van der Waals surface area contributed by atoms with Crippen molar-refractivity contribution >= 4 is 35.0 Å². The van der Waals surface area contributed by atoms with Crippen molar-refractivity contribution in [2.24, 2.45) is 0 Å². The number of hydrogen-bond acceptors (Lipinski definition) is 8. The lowest BCUT2D eigenvalue weighted by Crippen LogP contribution is -2.34. The number of hydrogen-bond donors (Lipinski definition) is 5. The third-order valence-corrected chi connectivity index (χ3v) is 5.31. The first-order valence-corrected chi connectivity index (χ1v) is 10.7. The Morgan fingerprint density at radius 3 is 2.62 bits per heavy atom. The number of carbonyl (C=O) groups is 2. The Morgan fingerprint density at radius 2 is 1.94 bits per heavy atom. The first-order valence-electron chi connectivity index (χ1n) is 10.7. The second-order valence-corrected chi connectivity index (χ2v) is 7.41. The first kappa shape index (κ1) is 23.1. The highest BCUT2D eigenvalue weighted by Crippen LogP contribution is 2.25. The van der Waals surface area contributed by atoms with E-state index in [2.05, 4.69) is 44.7 Å². The van der Waals surface area contributed by atoms with E-state index in [1.165, 1.54) is 0 Å². The van der Waals surface area contributed by atoms with E-state index < -0.39 is 0 Å². The highest BCUT2D eigenvalue weighted by atomic mass is 16.2. The maximum absolute atomic E-state index is 12.3. The molecule has 172 valence electrons. The van der Waals surface area contributed by atoms with E-state index in [1.54, 1.807) is 29.2 Å². The molecular formula is C21H30N8O3. The highest BCUT2D eigenvalue weighted by molar-refractivity contribution is 5.95. The first-order chi connectivity index (χ1) is 15.4. The molecule has 0 spiro atoms. The molecule has 11 heteroatoms. The van der Waals surface area contributed by atoms with Crippen molar-refractivity contribution in [3.63, 3.8) is 0 Å². The minimum absolute atomic E-state index is 0.0316. The van der Waals surface area contributed by atoms with E-state index in [-0.39, 0.29) is 29.7 Å². The molecule has 0 saturated carbocycles. The molecule has 1 aromatic heterocycles. The van der Waals surface area contributed by atoms with Gasteiger partial charge < -0.3 is 31.5 Å². The fourth-order valence-electron chi connectivity index (χ4n) is 3.44. The maximum Gasteiger partial charge on any atom is 0.277 e. The zero-order valence-electron chi connectivity index (χ0n) is 18.4. The summed E-state index contributed by atoms with van der Waals surface area (Å²) in [4.78, 5) is 47.1. The average Bonchev–Trinajstić information content (AvgIpc) is 3.19. The van der Waals surface area contributed by atoms with Crippen LogP contribution in [0, 0.1) is 0 Å². The lowest BCUT2D eigenvalue weighted by molar-refractivity contribution is -0.116. The maximum atomic E-state index is 12.3. The van der Waals surface area contributed by atoms with Crippen molar-refractivity contribution in [1.82, 2.24) is 20.2 Å². The molecule has 6 N–H and O–H groups in total. The van der Waals surface area contributed by atoms with Gasteiger partial charge in [0, 0.05) is 37.3 Å². The molecule has 0 bridgehead atoms. The molecule has 2 heterocycles. The summed E-state index contributed by atoms with van der Waals surface area (Å²) in [5.74, 6) is 0.143. The van der Waals surface area contributed by atoms with Gasteiger partial charge in [0.15, 0.2) is 5.82 Å². The van der Waals surface area contributed by atoms with Gasteiger partial charge in [-0.3, -0.25) is 19.4 Å². The van der Waals surface area contributed by atoms with Gasteiger partial charge in [0.05, 0.1) is 6.67 Å². The number of nitrogens with two attached hydrogens (primary N) is 1. The standard InChI is InChI=1S/C21H30N8O3/c1-3-28(4-2)12-10-23-19(31)14-5-7-15(8-6-14)25-16(30)9-11-29-13-24-17-18(29)26-21(22)27-20(17)32/h5-8,24H,3-4,9-13H2,1-2H3,(H,23,31)(H,25,30)(H3,22,26,27,32). The van der Waals surface area contributed by atoms with Crippen LogP contribution < -0.4 is 32.1 Å². The van der Waals surface area contributed by atoms with Gasteiger partial charge in [-0.25, -0.2) is 0 Å². The molecule has 0 unspecified atom stereocenters. The fourth-order valence-corrected chi connectivity index (χ4v) is 3.44. The van der Waals surface area contributed by atoms with Crippen LogP contribution in [-0.4, -0.2) is 66.1 Å². The van der Waals surface area contributed by atoms with Crippen molar-refractivity contribution in [2.75, 3.05) is 60.7 Å². The molecule has 2 aromatic rings. The van der Waals surface area contributed by atoms with Crippen LogP contribution in [0.3, 0.4) is 0 Å². The molecule has 32 heavy (non-hydrogen) atoms. The molecule has 0 fully saturated rings. The summed E-state index contributed by atoms with van der Waals surface area (Å²) in [5, 5.41) is 8.68. The van der Waals surface area contributed by atoms with E-state index in [4.69, 9.17) is 5.73 Å². The minimum Gasteiger partial charge on any atom is -0.369 e. The van der Waals surface area contributed by atoms with Crippen LogP contribution in [0.4, 0.5) is 23.1 Å². The number of likely N-dealkylation sites (N-methyl/N-ethyl adjacent to an activating group) is 1. The van der Waals surface area contributed by atoms with Gasteiger partial charge in [0.25, 0.3) is 11.5 Å². The number of nitrogen functional groups attached to an aromatic ring is 1. The predicted octanol–water partition coefficient (Wildman–Crippen LogP) is 0.642. The summed E-state index contributed by atoms with van der Waals surface area (Å²) in [6.45, 7) is 8.21. The van der Waals surface area contributed by atoms with Crippen molar-refractivity contribution < 1.29 is 9.59 Å². The van der Waals surface area contributed by atoms with Crippen molar-refractivity contribution in [3.05, 3.63) is 40.2 Å². The molecule has 2 amide bonds. The lowest BCUT2D eigenvalue weighted by atomic mass is 10.2. The number of nitrogens with one attached hydrogen (secondary N) is 4. The Labute approximate surface area is 186 Å². The third kappa shape index (κ3) is 5.76. The lowest BCUT2D eigenvalue weighted by Gasteiger charge is -2.18. The van der Waals surface area contributed by atoms with Gasteiger partial charge in [0.2, 0.25) is 11.9 Å². The SMILES string of the molecule is CCN(CC)CCNC(=O)c1ccc(NC(=O)CCN2CNc3c2nc(N)[nH]c3=O)cc1. The molecule has 3 rings (SSSR count). The Kier molecular flexibility index (Phi) is 7.66. The number of aromatic amines is 1. The van der Waals surface area contributed by atoms with Gasteiger partial charge in [-0.2, -0.15) is 4.98 Å². The largest absolute Gasteiger partial charge is 0.369 e. The number of H-pyrrole nitrogens is 1. The van der Waals surface area contributed by atoms with Gasteiger partial charge in [-0.05, 0) is 37.4 Å². The van der Waals surface area contributed by atoms with E-state index in [1.807, 2.05) is 0 Å². The van der Waals surface area contributed by atoms with Crippen molar-refractivity contribution in [3.8, 4) is 0 Å². The summed E-state index contributed by atoms with van der Waals surface area (Å²) in [6, 6.07) is 6.77. The zero-order chi connectivity index (χ0) is 23.1. The van der Waals surface area contributed by atoms with E-state index in [9.17, 15) is 14.4 Å². The Balaban J connectivity index is 1.46. The van der Waals surface area contributed by atoms with E-state index in [0.717, 1.165) is 19.6 Å². The number of nitrogens with zero attached hydrogens (tertiary/aromatic N) is 3. The summed E-state index contributed by atoms with van der Waals surface area (Å²) in [7, 11) is 0. The van der Waals surface area contributed by atoms with Crippen LogP contribution in [0.5, 0.6) is 0 Å². The van der Waals surface area contributed by atoms with Crippen LogP contribution in [0.25, 0.3) is 0 Å². The number of carbonyl (C=O) groups excluding carboxylic acids is 2. The average molecular weight is 443 g/mol. The number of benzene rings is 1. The summed E-state index contributed by atoms with van der Waals surface area (Å²) in [6.07, 6.45) is 0.198. The van der Waals surface area contributed by atoms with E-state index >= 15 is 0 Å². The smallest absolute Gasteiger partial charge is 0.277 e. The van der Waals surface area contributed by atoms with Crippen LogP contribution >= 0.6 is 0 Å². The molecule has 11 nitrogen and oxygen atoms in total. The summed E-state index contributed by atoms with van der Waals surface area (Å²) < 4.78 is 0. The Hall–Kier alpha value is -3.60. The molecule has 1 aliphatic rings. The number of rotatable bonds is 10. The monoisotopic (exact) mass is 442 g/mol. The second kappa shape index (κ2) is 10.6. The Morgan fingerprint density at radius 1 is 1.22 bits per heavy atom. The summed E-state index contributed by atoms with van der Waals surface area (Å²) >= 11 is 0. The van der Waals surface area contributed by atoms with Crippen molar-refractivity contribution in [1.29, 1.82) is 0 Å². The van der Waals surface area contributed by atoms with Gasteiger partial charge >= 0.3 is 0 Å². The van der Waals surface area contributed by atoms with Crippen LogP contribution in [0.15, 0.2) is 29.1 Å². The fraction of sp³-hybridized carbons (Fsp3) is 0.429. The zero-order valence-corrected chi connectivity index (χ0v) is 18.4. The Bertz CT molecular complexity index is 1000. The van der Waals surface area contributed by atoms with Gasteiger partial charge in [0.1, 0.15) is 5.69 Å². The third-order valence-electron chi connectivity index (χ3n) is 5.31. The second-order valence-electron chi connectivity index (χ2n) is 7.41. The molecule has 0 saturated heterocycles. The van der Waals surface area contributed by atoms with Crippen LogP contribution in [0.1, 0.15) is 30.6 Å². The number of amides is 2. The topological polar surface area (TPSA) is 148 Å². The molecule has 0 atom stereocenters. The predicted molar refractivity (Wildman–Crippen MR) is 125 cm³/mol. The van der Waals surface area contributed by atoms with Gasteiger partial charge in [-0.15, -0.1) is 0 Å². The molecular weight excluding hydrogens is 412 g/mol. The van der Waals surface area contributed by atoms with E-state index in [0.29, 0.717) is 42.5 Å². The summed E-state index contributed by atoms with van der Waals surface area (Å²) in [5.41, 5.74) is 6.77. The number of aromatic nitrogens is 2. The van der Waals surface area contributed by atoms with Crippen LogP contribution in [-0.2, 0) is 4.79 Å². The molecule has 0 aliphatic carbocycles.